The number of hydrogen-bond acceptors (Lipinski definition) is 3. The summed E-state index contributed by atoms with van der Waals surface area (Å²) >= 11 is 0. The summed E-state index contributed by atoms with van der Waals surface area (Å²) in [6.45, 7) is 1.62. The van der Waals surface area contributed by atoms with E-state index in [0.717, 1.165) is 47.8 Å². The van der Waals surface area contributed by atoms with Gasteiger partial charge in [-0.15, -0.1) is 0 Å². The molecule has 2 heterocycles. The maximum Gasteiger partial charge on any atom is 0.133 e. The van der Waals surface area contributed by atoms with Crippen LogP contribution in [0.5, 0.6) is 5.75 Å². The Labute approximate surface area is 158 Å². The van der Waals surface area contributed by atoms with Crippen LogP contribution in [0.25, 0.3) is 23.2 Å². The molecule has 0 saturated heterocycles. The number of hydrogen-bond donors (Lipinski definition) is 0. The lowest BCUT2D eigenvalue weighted by atomic mass is 10.3. The molecule has 4 rings (SSSR count). The number of unbranched alkanes of at least 4 members (excludes halogenated alkanes) is 1. The van der Waals surface area contributed by atoms with Gasteiger partial charge >= 0.3 is 0 Å². The van der Waals surface area contributed by atoms with Crippen LogP contribution in [0, 0.1) is 0 Å². The summed E-state index contributed by atoms with van der Waals surface area (Å²) in [6, 6.07) is 22.0. The van der Waals surface area contributed by atoms with Gasteiger partial charge in [0.1, 0.15) is 17.3 Å². The van der Waals surface area contributed by atoms with Crippen LogP contribution in [0.4, 0.5) is 0 Å². The lowest BCUT2D eigenvalue weighted by molar-refractivity contribution is 0.303. The van der Waals surface area contributed by atoms with Crippen LogP contribution in [0.3, 0.4) is 0 Å². The van der Waals surface area contributed by atoms with Crippen molar-refractivity contribution in [2.24, 2.45) is 0 Å². The average Bonchev–Trinajstić information content (AvgIpc) is 3.35. The summed E-state index contributed by atoms with van der Waals surface area (Å²) in [5, 5.41) is 0. The van der Waals surface area contributed by atoms with Crippen molar-refractivity contribution in [3.8, 4) is 5.75 Å². The fourth-order valence-electron chi connectivity index (χ4n) is 3.08. The first-order chi connectivity index (χ1) is 13.4. The molecule has 2 aromatic heterocycles. The lowest BCUT2D eigenvalue weighted by Gasteiger charge is -2.08. The zero-order valence-electron chi connectivity index (χ0n) is 15.1. The normalized spacial score (nSPS) is 11.4. The minimum absolute atomic E-state index is 0.716. The molecular formula is C23H22N2O2. The number of furan rings is 1. The third kappa shape index (κ3) is 4.29. The first-order valence-corrected chi connectivity index (χ1v) is 9.25. The Morgan fingerprint density at radius 2 is 1.74 bits per heavy atom. The molecule has 136 valence electrons. The molecule has 0 aliphatic rings. The summed E-state index contributed by atoms with van der Waals surface area (Å²) in [4.78, 5) is 4.76. The van der Waals surface area contributed by atoms with E-state index in [1.165, 1.54) is 0 Å². The number of imidazole rings is 1. The molecule has 0 unspecified atom stereocenters. The number of rotatable bonds is 8. The molecular weight excluding hydrogens is 336 g/mol. The molecule has 4 nitrogen and oxygen atoms in total. The maximum absolute atomic E-state index is 5.79. The molecule has 0 saturated carbocycles. The Kier molecular flexibility index (Phi) is 5.34. The number of aryl methyl sites for hydroxylation is 1. The third-order valence-electron chi connectivity index (χ3n) is 4.41. The van der Waals surface area contributed by atoms with Crippen molar-refractivity contribution in [2.75, 3.05) is 6.61 Å². The number of aromatic nitrogens is 2. The first kappa shape index (κ1) is 17.2. The van der Waals surface area contributed by atoms with E-state index >= 15 is 0 Å². The Bertz CT molecular complexity index is 1000. The van der Waals surface area contributed by atoms with E-state index in [1.807, 2.05) is 60.7 Å². The fourth-order valence-corrected chi connectivity index (χ4v) is 3.08. The van der Waals surface area contributed by atoms with Gasteiger partial charge in [0, 0.05) is 6.54 Å². The Balaban J connectivity index is 1.42. The molecule has 0 fully saturated rings. The van der Waals surface area contributed by atoms with Gasteiger partial charge in [-0.2, -0.15) is 0 Å². The van der Waals surface area contributed by atoms with Crippen LogP contribution in [-0.2, 0) is 6.54 Å². The van der Waals surface area contributed by atoms with E-state index < -0.39 is 0 Å². The van der Waals surface area contributed by atoms with Gasteiger partial charge in [0.25, 0.3) is 0 Å². The van der Waals surface area contributed by atoms with E-state index in [1.54, 1.807) is 6.26 Å². The number of ether oxygens (including phenoxy) is 1. The summed E-state index contributed by atoms with van der Waals surface area (Å²) < 4.78 is 13.4. The number of fused-ring (bicyclic) bond motifs is 1. The van der Waals surface area contributed by atoms with Crippen molar-refractivity contribution >= 4 is 23.2 Å². The van der Waals surface area contributed by atoms with Crippen molar-refractivity contribution < 1.29 is 9.15 Å². The van der Waals surface area contributed by atoms with Crippen LogP contribution < -0.4 is 4.74 Å². The molecule has 0 bridgehead atoms. The van der Waals surface area contributed by atoms with Gasteiger partial charge in [0.05, 0.1) is 23.9 Å². The first-order valence-electron chi connectivity index (χ1n) is 9.25. The quantitative estimate of drug-likeness (QED) is 0.382. The van der Waals surface area contributed by atoms with Crippen molar-refractivity contribution in [3.05, 3.63) is 84.6 Å². The van der Waals surface area contributed by atoms with Crippen LogP contribution in [-0.4, -0.2) is 16.2 Å². The number of benzene rings is 2. The molecule has 4 aromatic rings. The molecule has 0 atom stereocenters. The summed E-state index contributed by atoms with van der Waals surface area (Å²) in [6.07, 6.45) is 7.66. The van der Waals surface area contributed by atoms with Crippen molar-refractivity contribution in [1.29, 1.82) is 0 Å². The second-order valence-corrected chi connectivity index (χ2v) is 6.33. The molecule has 0 aliphatic carbocycles. The maximum atomic E-state index is 5.79. The molecule has 0 N–H and O–H groups in total. The predicted octanol–water partition coefficient (Wildman–Crippen LogP) is 5.66. The highest BCUT2D eigenvalue weighted by atomic mass is 16.5. The van der Waals surface area contributed by atoms with Crippen LogP contribution >= 0.6 is 0 Å². The Morgan fingerprint density at radius 1 is 0.889 bits per heavy atom. The minimum atomic E-state index is 0.716. The zero-order valence-corrected chi connectivity index (χ0v) is 15.1. The molecule has 0 spiro atoms. The van der Waals surface area contributed by atoms with Gasteiger partial charge in [0.15, 0.2) is 0 Å². The lowest BCUT2D eigenvalue weighted by Crippen LogP contribution is -2.04. The summed E-state index contributed by atoms with van der Waals surface area (Å²) in [7, 11) is 0. The molecule has 0 amide bonds. The number of para-hydroxylation sites is 3. The monoisotopic (exact) mass is 358 g/mol. The van der Waals surface area contributed by atoms with Crippen molar-refractivity contribution in [3.63, 3.8) is 0 Å². The highest BCUT2D eigenvalue weighted by Crippen LogP contribution is 2.19. The van der Waals surface area contributed by atoms with Crippen molar-refractivity contribution in [2.45, 2.75) is 19.4 Å². The molecule has 4 heteroatoms. The Hall–Kier alpha value is -3.27. The average molecular weight is 358 g/mol. The van der Waals surface area contributed by atoms with Gasteiger partial charge in [0.2, 0.25) is 0 Å². The van der Waals surface area contributed by atoms with Crippen LogP contribution in [0.2, 0.25) is 0 Å². The topological polar surface area (TPSA) is 40.2 Å². The van der Waals surface area contributed by atoms with Crippen LogP contribution in [0.15, 0.2) is 77.4 Å². The SMILES string of the molecule is C(=C\c1nc2ccccc2n1CCCCOc1ccccc1)/c1ccco1. The molecule has 0 radical (unpaired) electrons. The highest BCUT2D eigenvalue weighted by Gasteiger charge is 2.08. The number of nitrogens with zero attached hydrogens (tertiary/aromatic N) is 2. The fraction of sp³-hybridized carbons (Fsp3) is 0.174. The smallest absolute Gasteiger partial charge is 0.133 e. The van der Waals surface area contributed by atoms with E-state index in [0.29, 0.717) is 6.61 Å². The van der Waals surface area contributed by atoms with Gasteiger partial charge in [-0.1, -0.05) is 30.3 Å². The van der Waals surface area contributed by atoms with Gasteiger partial charge < -0.3 is 13.7 Å². The van der Waals surface area contributed by atoms with Crippen LogP contribution in [0.1, 0.15) is 24.4 Å². The van der Waals surface area contributed by atoms with E-state index in [-0.39, 0.29) is 0 Å². The van der Waals surface area contributed by atoms with Gasteiger partial charge in [-0.25, -0.2) is 4.98 Å². The van der Waals surface area contributed by atoms with Crippen molar-refractivity contribution in [1.82, 2.24) is 9.55 Å². The van der Waals surface area contributed by atoms with E-state index in [2.05, 4.69) is 22.8 Å². The second-order valence-electron chi connectivity index (χ2n) is 6.33. The third-order valence-corrected chi connectivity index (χ3v) is 4.41. The second kappa shape index (κ2) is 8.41. The molecule has 27 heavy (non-hydrogen) atoms. The highest BCUT2D eigenvalue weighted by molar-refractivity contribution is 5.79. The van der Waals surface area contributed by atoms with E-state index in [4.69, 9.17) is 14.1 Å². The zero-order chi connectivity index (χ0) is 18.3. The standard InChI is InChI=1S/C23H22N2O2/c1-2-9-19(10-3-1)26-17-7-6-16-25-22-13-5-4-12-21(22)24-23(25)15-14-20-11-8-18-27-20/h1-5,8-15,18H,6-7,16-17H2/b15-14+. The minimum Gasteiger partial charge on any atom is -0.494 e. The molecule has 0 aliphatic heterocycles. The predicted molar refractivity (Wildman–Crippen MR) is 109 cm³/mol. The van der Waals surface area contributed by atoms with E-state index in [9.17, 15) is 0 Å². The summed E-state index contributed by atoms with van der Waals surface area (Å²) in [5.41, 5.74) is 2.16. The Morgan fingerprint density at radius 3 is 2.59 bits per heavy atom. The summed E-state index contributed by atoms with van der Waals surface area (Å²) in [5.74, 6) is 2.69. The largest absolute Gasteiger partial charge is 0.494 e. The van der Waals surface area contributed by atoms with Gasteiger partial charge in [-0.3, -0.25) is 0 Å². The molecule has 2 aromatic carbocycles. The van der Waals surface area contributed by atoms with Gasteiger partial charge in [-0.05, 0) is 61.4 Å².